The number of hydrazine groups is 1. The van der Waals surface area contributed by atoms with Crippen molar-refractivity contribution in [2.45, 2.75) is 44.7 Å². The van der Waals surface area contributed by atoms with Crippen LogP contribution in [0.4, 0.5) is 0 Å². The third-order valence-corrected chi connectivity index (χ3v) is 8.03. The quantitative estimate of drug-likeness (QED) is 0.422. The van der Waals surface area contributed by atoms with Gasteiger partial charge in [0.1, 0.15) is 0 Å². The molecule has 0 radical (unpaired) electrons. The number of carbonyl (C=O) groups excluding carboxylic acids is 2. The second-order valence-electron chi connectivity index (χ2n) is 8.10. The van der Waals surface area contributed by atoms with Crippen LogP contribution in [-0.4, -0.2) is 32.3 Å². The summed E-state index contributed by atoms with van der Waals surface area (Å²) in [6.45, 7) is 4.21. The molecule has 1 unspecified atom stereocenters. The smallest absolute Gasteiger partial charge is 0.269 e. The minimum absolute atomic E-state index is 0.124. The summed E-state index contributed by atoms with van der Waals surface area (Å²) in [5.74, 6) is 1.07. The van der Waals surface area contributed by atoms with Crippen molar-refractivity contribution in [1.82, 2.24) is 25.6 Å². The minimum Gasteiger partial charge on any atom is -0.304 e. The molecule has 0 aliphatic heterocycles. The normalized spacial score (nSPS) is 15.3. The maximum absolute atomic E-state index is 12.2. The highest BCUT2D eigenvalue weighted by atomic mass is 32.2. The van der Waals surface area contributed by atoms with Crippen molar-refractivity contribution >= 4 is 34.9 Å². The van der Waals surface area contributed by atoms with E-state index < -0.39 is 0 Å². The number of amides is 2. The molecule has 2 amide bonds. The van der Waals surface area contributed by atoms with Gasteiger partial charge in [-0.3, -0.25) is 20.4 Å². The average molecular weight is 470 g/mol. The van der Waals surface area contributed by atoms with Crippen LogP contribution in [-0.2, 0) is 24.7 Å². The van der Waals surface area contributed by atoms with Gasteiger partial charge in [-0.1, -0.05) is 42.8 Å². The minimum atomic E-state index is -0.351. The van der Waals surface area contributed by atoms with Crippen molar-refractivity contribution in [2.75, 3.05) is 5.75 Å². The molecule has 168 valence electrons. The monoisotopic (exact) mass is 469 g/mol. The first-order valence-corrected chi connectivity index (χ1v) is 12.5. The van der Waals surface area contributed by atoms with Crippen molar-refractivity contribution in [3.63, 3.8) is 0 Å². The highest BCUT2D eigenvalue weighted by Gasteiger charge is 2.22. The summed E-state index contributed by atoms with van der Waals surface area (Å²) in [6, 6.07) is 9.40. The molecule has 0 fully saturated rings. The highest BCUT2D eigenvalue weighted by Crippen LogP contribution is 2.37. The van der Waals surface area contributed by atoms with E-state index in [0.717, 1.165) is 35.0 Å². The Morgan fingerprint density at radius 2 is 2.00 bits per heavy atom. The van der Waals surface area contributed by atoms with Crippen LogP contribution in [0.3, 0.4) is 0 Å². The molecule has 1 aliphatic carbocycles. The summed E-state index contributed by atoms with van der Waals surface area (Å²) in [6.07, 6.45) is 4.78. The van der Waals surface area contributed by atoms with Crippen molar-refractivity contribution in [2.24, 2.45) is 13.0 Å². The second-order valence-corrected chi connectivity index (χ2v) is 10.2. The fraction of sp³-hybridized carbons (Fsp3) is 0.391. The van der Waals surface area contributed by atoms with Gasteiger partial charge in [0, 0.05) is 17.5 Å². The van der Waals surface area contributed by atoms with E-state index in [1.165, 1.54) is 35.0 Å². The van der Waals surface area contributed by atoms with Gasteiger partial charge in [-0.05, 0) is 55.9 Å². The summed E-state index contributed by atoms with van der Waals surface area (Å²) in [5.41, 5.74) is 7.90. The van der Waals surface area contributed by atoms with Crippen LogP contribution in [0.1, 0.15) is 46.1 Å². The molecule has 1 atom stereocenters. The third kappa shape index (κ3) is 5.05. The molecule has 2 aromatic heterocycles. The first-order valence-electron chi connectivity index (χ1n) is 10.7. The number of hydrogen-bond acceptors (Lipinski definition) is 6. The third-order valence-electron chi connectivity index (χ3n) is 5.78. The van der Waals surface area contributed by atoms with Crippen LogP contribution in [0, 0.1) is 12.8 Å². The van der Waals surface area contributed by atoms with Crippen LogP contribution in [0.5, 0.6) is 0 Å². The number of rotatable bonds is 6. The predicted molar refractivity (Wildman–Crippen MR) is 128 cm³/mol. The molecule has 2 N–H and O–H groups in total. The van der Waals surface area contributed by atoms with Gasteiger partial charge >= 0.3 is 0 Å². The van der Waals surface area contributed by atoms with E-state index in [4.69, 9.17) is 0 Å². The number of thiophene rings is 1. The van der Waals surface area contributed by atoms with Crippen LogP contribution >= 0.6 is 23.1 Å². The van der Waals surface area contributed by atoms with Gasteiger partial charge < -0.3 is 4.57 Å². The van der Waals surface area contributed by atoms with Gasteiger partial charge in [0.2, 0.25) is 5.91 Å². The van der Waals surface area contributed by atoms with E-state index in [9.17, 15) is 9.59 Å². The fourth-order valence-corrected chi connectivity index (χ4v) is 5.72. The molecule has 2 heterocycles. The number of benzene rings is 1. The van der Waals surface area contributed by atoms with Crippen molar-refractivity contribution in [3.8, 4) is 10.7 Å². The van der Waals surface area contributed by atoms with E-state index in [-0.39, 0.29) is 17.6 Å². The van der Waals surface area contributed by atoms with Crippen LogP contribution < -0.4 is 10.9 Å². The van der Waals surface area contributed by atoms with Gasteiger partial charge in [0.25, 0.3) is 5.91 Å². The Balaban J connectivity index is 1.32. The maximum Gasteiger partial charge on any atom is 0.269 e. The molecule has 7 nitrogen and oxygen atoms in total. The molecule has 9 heteroatoms. The number of thioether (sulfide) groups is 1. The molecule has 32 heavy (non-hydrogen) atoms. The van der Waals surface area contributed by atoms with E-state index in [2.05, 4.69) is 34.0 Å². The van der Waals surface area contributed by atoms with E-state index in [1.54, 1.807) is 23.5 Å². The van der Waals surface area contributed by atoms with Gasteiger partial charge in [-0.2, -0.15) is 0 Å². The number of hydrogen-bond donors (Lipinski definition) is 2. The zero-order valence-corrected chi connectivity index (χ0v) is 20.1. The summed E-state index contributed by atoms with van der Waals surface area (Å²) in [7, 11) is 1.92. The van der Waals surface area contributed by atoms with Crippen molar-refractivity contribution in [3.05, 3.63) is 51.9 Å². The summed E-state index contributed by atoms with van der Waals surface area (Å²) < 4.78 is 1.93. The molecule has 0 bridgehead atoms. The standard InChI is InChI=1S/C23H27N5O2S2/c1-4-15-7-10-18-17(11-15)12-19(32-18)21-25-27-23(28(21)3)31-13-20(29)24-26-22(30)16-8-5-14(2)6-9-16/h5-6,8-9,12,15H,4,7,10-11,13H2,1-3H3,(H,24,29)(H,26,30). The van der Waals surface area contributed by atoms with Crippen LogP contribution in [0.15, 0.2) is 35.5 Å². The predicted octanol–water partition coefficient (Wildman–Crippen LogP) is 3.92. The lowest BCUT2D eigenvalue weighted by Crippen LogP contribution is -2.42. The summed E-state index contributed by atoms with van der Waals surface area (Å²) in [4.78, 5) is 26.9. The van der Waals surface area contributed by atoms with E-state index in [1.807, 2.05) is 30.7 Å². The number of carbonyl (C=O) groups is 2. The molecule has 3 aromatic rings. The lowest BCUT2D eigenvalue weighted by molar-refractivity contribution is -0.119. The largest absolute Gasteiger partial charge is 0.304 e. The Morgan fingerprint density at radius 1 is 1.22 bits per heavy atom. The number of nitrogens with one attached hydrogen (secondary N) is 2. The molecular formula is C23H27N5O2S2. The Bertz CT molecular complexity index is 1120. The molecule has 0 saturated carbocycles. The van der Waals surface area contributed by atoms with Gasteiger partial charge in [0.15, 0.2) is 11.0 Å². The van der Waals surface area contributed by atoms with Crippen molar-refractivity contribution in [1.29, 1.82) is 0 Å². The number of aryl methyl sites for hydroxylation is 2. The topological polar surface area (TPSA) is 88.9 Å². The SMILES string of the molecule is CCC1CCc2sc(-c3nnc(SCC(=O)NNC(=O)c4ccc(C)cc4)n3C)cc2C1. The van der Waals surface area contributed by atoms with Crippen LogP contribution in [0.2, 0.25) is 0 Å². The Hall–Kier alpha value is -2.65. The molecule has 1 aliphatic rings. The summed E-state index contributed by atoms with van der Waals surface area (Å²) in [5, 5.41) is 9.30. The molecule has 0 spiro atoms. The highest BCUT2D eigenvalue weighted by molar-refractivity contribution is 7.99. The van der Waals surface area contributed by atoms with E-state index in [0.29, 0.717) is 10.7 Å². The lowest BCUT2D eigenvalue weighted by Gasteiger charge is -2.19. The van der Waals surface area contributed by atoms with Crippen LogP contribution in [0.25, 0.3) is 10.7 Å². The van der Waals surface area contributed by atoms with Gasteiger partial charge in [-0.25, -0.2) is 0 Å². The average Bonchev–Trinajstić information content (AvgIpc) is 3.38. The lowest BCUT2D eigenvalue weighted by atomic mass is 9.87. The van der Waals surface area contributed by atoms with E-state index >= 15 is 0 Å². The Labute approximate surface area is 196 Å². The number of fused-ring (bicyclic) bond motifs is 1. The molecule has 1 aromatic carbocycles. The number of nitrogens with zero attached hydrogens (tertiary/aromatic N) is 3. The zero-order valence-electron chi connectivity index (χ0n) is 18.5. The molecular weight excluding hydrogens is 442 g/mol. The second kappa shape index (κ2) is 9.87. The fourth-order valence-electron chi connectivity index (χ4n) is 3.78. The molecule has 0 saturated heterocycles. The summed E-state index contributed by atoms with van der Waals surface area (Å²) >= 11 is 3.09. The van der Waals surface area contributed by atoms with Crippen molar-refractivity contribution < 1.29 is 9.59 Å². The number of aromatic nitrogens is 3. The Morgan fingerprint density at radius 3 is 2.75 bits per heavy atom. The zero-order chi connectivity index (χ0) is 22.7. The Kier molecular flexibility index (Phi) is 6.95. The first-order chi connectivity index (χ1) is 15.4. The molecule has 4 rings (SSSR count). The first kappa shape index (κ1) is 22.5. The maximum atomic E-state index is 12.2. The van der Waals surface area contributed by atoms with Gasteiger partial charge in [-0.15, -0.1) is 21.5 Å². The van der Waals surface area contributed by atoms with Gasteiger partial charge in [0.05, 0.1) is 10.6 Å².